The van der Waals surface area contributed by atoms with Gasteiger partial charge in [0.2, 0.25) is 0 Å². The molecule has 0 bridgehead atoms. The molecule has 2 unspecified atom stereocenters. The van der Waals surface area contributed by atoms with Crippen LogP contribution in [0.4, 0.5) is 0 Å². The molecule has 0 radical (unpaired) electrons. The van der Waals surface area contributed by atoms with Gasteiger partial charge in [-0.25, -0.2) is 4.72 Å². The van der Waals surface area contributed by atoms with E-state index in [1.54, 1.807) is 13.2 Å². The molecule has 16 heavy (non-hydrogen) atoms. The highest BCUT2D eigenvalue weighted by Gasteiger charge is 2.18. The van der Waals surface area contributed by atoms with Crippen molar-refractivity contribution in [1.29, 1.82) is 0 Å². The third-order valence-corrected chi connectivity index (χ3v) is 5.04. The Balaban J connectivity index is 4.19. The van der Waals surface area contributed by atoms with E-state index in [4.69, 9.17) is 5.73 Å². The fraction of sp³-hybridized carbons (Fsp3) is 1.00. The summed E-state index contributed by atoms with van der Waals surface area (Å²) in [7, 11) is -3.01. The Labute approximate surface area is 100 Å². The third-order valence-electron chi connectivity index (χ3n) is 2.21. The van der Waals surface area contributed by atoms with Gasteiger partial charge in [-0.3, -0.25) is 4.21 Å². The molecule has 0 aromatic rings. The normalized spacial score (nSPS) is 16.3. The number of hydrogen-bond acceptors (Lipinski definition) is 4. The summed E-state index contributed by atoms with van der Waals surface area (Å²) in [5.41, 5.74) is 5.30. The first-order valence-electron chi connectivity index (χ1n) is 5.04. The molecule has 8 heteroatoms. The highest BCUT2D eigenvalue weighted by molar-refractivity contribution is 7.87. The molecule has 0 heterocycles. The first-order chi connectivity index (χ1) is 7.31. The van der Waals surface area contributed by atoms with Crippen LogP contribution in [0.15, 0.2) is 0 Å². The van der Waals surface area contributed by atoms with Crippen molar-refractivity contribution in [2.45, 2.75) is 18.6 Å². The Kier molecular flexibility index (Phi) is 7.32. The van der Waals surface area contributed by atoms with Gasteiger partial charge in [0.1, 0.15) is 0 Å². The van der Waals surface area contributed by atoms with Crippen molar-refractivity contribution < 1.29 is 12.6 Å². The number of rotatable bonds is 8. The molecular formula is C8H21N3O3S2. The van der Waals surface area contributed by atoms with E-state index in [-0.39, 0.29) is 11.8 Å². The van der Waals surface area contributed by atoms with E-state index in [9.17, 15) is 12.6 Å². The van der Waals surface area contributed by atoms with Crippen LogP contribution >= 0.6 is 0 Å². The molecule has 0 rings (SSSR count). The molecule has 98 valence electrons. The van der Waals surface area contributed by atoms with Gasteiger partial charge in [0, 0.05) is 42.4 Å². The summed E-state index contributed by atoms with van der Waals surface area (Å²) in [6.07, 6.45) is 2.17. The average molecular weight is 271 g/mol. The van der Waals surface area contributed by atoms with Crippen LogP contribution < -0.4 is 10.5 Å². The average Bonchev–Trinajstić information content (AvgIpc) is 2.22. The summed E-state index contributed by atoms with van der Waals surface area (Å²) in [5, 5.41) is -0.197. The first-order valence-corrected chi connectivity index (χ1v) is 8.10. The highest BCUT2D eigenvalue weighted by Crippen LogP contribution is 1.97. The van der Waals surface area contributed by atoms with Crippen molar-refractivity contribution in [3.63, 3.8) is 0 Å². The van der Waals surface area contributed by atoms with Crippen LogP contribution in [0.2, 0.25) is 0 Å². The van der Waals surface area contributed by atoms with Crippen LogP contribution in [-0.2, 0) is 21.0 Å². The molecule has 2 atom stereocenters. The van der Waals surface area contributed by atoms with Crippen molar-refractivity contribution in [3.05, 3.63) is 0 Å². The van der Waals surface area contributed by atoms with E-state index in [0.29, 0.717) is 19.5 Å². The fourth-order valence-electron chi connectivity index (χ4n) is 0.884. The smallest absolute Gasteiger partial charge is 0.279 e. The maximum atomic E-state index is 11.6. The van der Waals surface area contributed by atoms with E-state index < -0.39 is 21.0 Å². The second-order valence-electron chi connectivity index (χ2n) is 3.63. The Bertz CT molecular complexity index is 318. The van der Waals surface area contributed by atoms with Crippen LogP contribution in [-0.4, -0.2) is 55.1 Å². The van der Waals surface area contributed by atoms with Crippen molar-refractivity contribution in [1.82, 2.24) is 9.03 Å². The van der Waals surface area contributed by atoms with E-state index in [0.717, 1.165) is 0 Å². The van der Waals surface area contributed by atoms with Crippen LogP contribution in [0.25, 0.3) is 0 Å². The Morgan fingerprint density at radius 1 is 1.50 bits per heavy atom. The van der Waals surface area contributed by atoms with Gasteiger partial charge < -0.3 is 5.73 Å². The summed E-state index contributed by atoms with van der Waals surface area (Å²) < 4.78 is 38.0. The van der Waals surface area contributed by atoms with Crippen molar-refractivity contribution in [3.8, 4) is 0 Å². The lowest BCUT2D eigenvalue weighted by atomic mass is 10.4. The summed E-state index contributed by atoms with van der Waals surface area (Å²) in [4.78, 5) is 0. The lowest BCUT2D eigenvalue weighted by molar-refractivity contribution is 0.453. The van der Waals surface area contributed by atoms with Crippen molar-refractivity contribution >= 4 is 21.0 Å². The molecule has 0 aromatic heterocycles. The number of nitrogens with one attached hydrogen (secondary N) is 1. The summed E-state index contributed by atoms with van der Waals surface area (Å²) in [6, 6.07) is 0. The van der Waals surface area contributed by atoms with Gasteiger partial charge in [0.05, 0.1) is 0 Å². The predicted molar refractivity (Wildman–Crippen MR) is 66.8 cm³/mol. The largest absolute Gasteiger partial charge is 0.330 e. The minimum Gasteiger partial charge on any atom is -0.330 e. The number of nitrogens with zero attached hydrogens (tertiary/aromatic N) is 1. The molecule has 0 aliphatic rings. The lowest BCUT2D eigenvalue weighted by Gasteiger charge is -2.18. The molecule has 0 aliphatic heterocycles. The minimum absolute atomic E-state index is 0.179. The van der Waals surface area contributed by atoms with Gasteiger partial charge >= 0.3 is 0 Å². The topological polar surface area (TPSA) is 92.5 Å². The monoisotopic (exact) mass is 271 g/mol. The number of hydrogen-bond donors (Lipinski definition) is 2. The lowest BCUT2D eigenvalue weighted by Crippen LogP contribution is -2.42. The molecule has 0 spiro atoms. The predicted octanol–water partition coefficient (Wildman–Crippen LogP) is -1.13. The van der Waals surface area contributed by atoms with Gasteiger partial charge in [-0.05, 0) is 19.9 Å². The van der Waals surface area contributed by atoms with Gasteiger partial charge in [-0.1, -0.05) is 0 Å². The van der Waals surface area contributed by atoms with E-state index in [2.05, 4.69) is 4.72 Å². The van der Waals surface area contributed by atoms with Crippen LogP contribution in [0.3, 0.4) is 0 Å². The molecule has 0 saturated carbocycles. The zero-order chi connectivity index (χ0) is 12.8. The third kappa shape index (κ3) is 5.90. The second kappa shape index (κ2) is 7.33. The molecule has 3 N–H and O–H groups in total. The van der Waals surface area contributed by atoms with Crippen molar-refractivity contribution in [2.24, 2.45) is 5.73 Å². The van der Waals surface area contributed by atoms with E-state index in [1.165, 1.54) is 11.4 Å². The van der Waals surface area contributed by atoms with Crippen LogP contribution in [0, 0.1) is 0 Å². The molecule has 0 fully saturated rings. The summed E-state index contributed by atoms with van der Waals surface area (Å²) >= 11 is 0. The highest BCUT2D eigenvalue weighted by atomic mass is 32.2. The minimum atomic E-state index is -3.47. The molecule has 0 saturated heterocycles. The number of nitrogens with two attached hydrogens (primary N) is 1. The molecule has 6 nitrogen and oxygen atoms in total. The zero-order valence-corrected chi connectivity index (χ0v) is 11.6. The maximum absolute atomic E-state index is 11.6. The van der Waals surface area contributed by atoms with Crippen LogP contribution in [0.5, 0.6) is 0 Å². The first kappa shape index (κ1) is 16.0. The van der Waals surface area contributed by atoms with E-state index in [1.807, 2.05) is 0 Å². The Morgan fingerprint density at radius 3 is 2.50 bits per heavy atom. The summed E-state index contributed by atoms with van der Waals surface area (Å²) in [5.74, 6) is 0. The van der Waals surface area contributed by atoms with E-state index >= 15 is 0 Å². The van der Waals surface area contributed by atoms with Gasteiger partial charge in [-0.2, -0.15) is 12.7 Å². The molecule has 0 amide bonds. The van der Waals surface area contributed by atoms with Gasteiger partial charge in [0.25, 0.3) is 10.2 Å². The van der Waals surface area contributed by atoms with Crippen molar-refractivity contribution in [2.75, 3.05) is 32.9 Å². The quantitative estimate of drug-likeness (QED) is 0.584. The second-order valence-corrected chi connectivity index (χ2v) is 7.29. The standard InChI is InChI=1S/C8H21N3O3S2/c1-8(15(3)12)7-10-16(13,14)11(2)6-4-5-9/h8,10H,4-7,9H2,1-3H3. The van der Waals surface area contributed by atoms with Gasteiger partial charge in [0.15, 0.2) is 0 Å². The SMILES string of the molecule is CC(CNS(=O)(=O)N(C)CCCN)S(C)=O. The molecule has 0 aromatic carbocycles. The zero-order valence-electron chi connectivity index (χ0n) is 9.97. The van der Waals surface area contributed by atoms with Gasteiger partial charge in [-0.15, -0.1) is 0 Å². The molecular weight excluding hydrogens is 250 g/mol. The fourth-order valence-corrected chi connectivity index (χ4v) is 2.36. The Hall–Kier alpha value is -0.0200. The molecule has 0 aliphatic carbocycles. The summed E-state index contributed by atoms with van der Waals surface area (Å²) in [6.45, 7) is 2.75. The Morgan fingerprint density at radius 2 is 2.06 bits per heavy atom. The van der Waals surface area contributed by atoms with Crippen LogP contribution in [0.1, 0.15) is 13.3 Å². The maximum Gasteiger partial charge on any atom is 0.279 e.